The van der Waals surface area contributed by atoms with Crippen LogP contribution in [0.3, 0.4) is 0 Å². The van der Waals surface area contributed by atoms with E-state index in [0.717, 1.165) is 5.57 Å². The molecule has 0 aromatic rings. The molecule has 0 N–H and O–H groups in total. The van der Waals surface area contributed by atoms with Crippen molar-refractivity contribution in [2.24, 2.45) is 11.8 Å². The summed E-state index contributed by atoms with van der Waals surface area (Å²) in [6, 6.07) is 0. The average molecular weight is 344 g/mol. The van der Waals surface area contributed by atoms with E-state index in [1.54, 1.807) is 24.3 Å². The minimum absolute atomic E-state index is 0.0461. The van der Waals surface area contributed by atoms with E-state index in [2.05, 4.69) is 19.9 Å². The lowest BCUT2D eigenvalue weighted by molar-refractivity contribution is -0.145. The molecule has 0 aliphatic carbocycles. The van der Waals surface area contributed by atoms with Gasteiger partial charge in [-0.2, -0.15) is 0 Å². The molecule has 0 aromatic heterocycles. The highest BCUT2D eigenvalue weighted by atomic mass is 16.5. The summed E-state index contributed by atoms with van der Waals surface area (Å²) < 4.78 is 5.21. The summed E-state index contributed by atoms with van der Waals surface area (Å²) in [6.45, 7) is 8.31. The minimum Gasteiger partial charge on any atom is -0.454 e. The summed E-state index contributed by atoms with van der Waals surface area (Å²) in [5.74, 6) is -0.369. The van der Waals surface area contributed by atoms with E-state index in [9.17, 15) is 9.59 Å². The van der Waals surface area contributed by atoms with Gasteiger partial charge in [0.05, 0.1) is 5.92 Å². The third kappa shape index (κ3) is 8.15. The van der Waals surface area contributed by atoms with Crippen LogP contribution < -0.4 is 0 Å². The number of allylic oxidation sites excluding steroid dienone is 5. The lowest BCUT2D eigenvalue weighted by Crippen LogP contribution is -2.32. The highest BCUT2D eigenvalue weighted by molar-refractivity contribution is 5.96. The fourth-order valence-corrected chi connectivity index (χ4v) is 2.95. The van der Waals surface area contributed by atoms with Gasteiger partial charge in [0.15, 0.2) is 5.78 Å². The standard InChI is InChI=1S/C22H32O3/c1-5-7-8-9-11-17(3)16-18(4)12-14-20(23)19-13-15-22(24)25-21(19)10-6-2/h6,10,12-17,19,21H,5,7-9,11H2,1-4H3/t17-,19+,21-/m0/s1. The number of unbranched alkanes of at least 4 members (excludes halogenated alkanes) is 3. The van der Waals surface area contributed by atoms with Crippen LogP contribution in [0.4, 0.5) is 0 Å². The topological polar surface area (TPSA) is 43.4 Å². The van der Waals surface area contributed by atoms with Crippen LogP contribution >= 0.6 is 0 Å². The molecular weight excluding hydrogens is 312 g/mol. The van der Waals surface area contributed by atoms with Crippen molar-refractivity contribution in [1.82, 2.24) is 0 Å². The van der Waals surface area contributed by atoms with Crippen molar-refractivity contribution in [3.05, 3.63) is 48.1 Å². The molecule has 138 valence electrons. The number of carbonyl (C=O) groups excluding carboxylic acids is 2. The first kappa shape index (κ1) is 21.1. The summed E-state index contributed by atoms with van der Waals surface area (Å²) in [5.41, 5.74) is 1.09. The van der Waals surface area contributed by atoms with Crippen molar-refractivity contribution in [2.45, 2.75) is 65.9 Å². The smallest absolute Gasteiger partial charge is 0.331 e. The Morgan fingerprint density at radius 3 is 2.72 bits per heavy atom. The highest BCUT2D eigenvalue weighted by Crippen LogP contribution is 2.19. The Morgan fingerprint density at radius 1 is 1.28 bits per heavy atom. The molecule has 0 unspecified atom stereocenters. The van der Waals surface area contributed by atoms with Gasteiger partial charge in [0.2, 0.25) is 0 Å². The third-order valence-electron chi connectivity index (χ3n) is 4.33. The highest BCUT2D eigenvalue weighted by Gasteiger charge is 2.28. The van der Waals surface area contributed by atoms with Crippen LogP contribution in [0.25, 0.3) is 0 Å². The van der Waals surface area contributed by atoms with Crippen molar-refractivity contribution in [2.75, 3.05) is 0 Å². The van der Waals surface area contributed by atoms with Crippen molar-refractivity contribution in [1.29, 1.82) is 0 Å². The van der Waals surface area contributed by atoms with Gasteiger partial charge in [0, 0.05) is 6.08 Å². The molecule has 3 nitrogen and oxygen atoms in total. The number of ketones is 1. The Morgan fingerprint density at radius 2 is 2.04 bits per heavy atom. The van der Waals surface area contributed by atoms with E-state index in [1.807, 2.05) is 19.9 Å². The zero-order valence-electron chi connectivity index (χ0n) is 16.0. The van der Waals surface area contributed by atoms with E-state index in [0.29, 0.717) is 5.92 Å². The van der Waals surface area contributed by atoms with Gasteiger partial charge in [-0.25, -0.2) is 4.79 Å². The van der Waals surface area contributed by atoms with E-state index >= 15 is 0 Å². The molecule has 0 bridgehead atoms. The zero-order valence-corrected chi connectivity index (χ0v) is 16.0. The quantitative estimate of drug-likeness (QED) is 0.177. The van der Waals surface area contributed by atoms with Crippen LogP contribution in [-0.2, 0) is 14.3 Å². The van der Waals surface area contributed by atoms with Gasteiger partial charge in [-0.3, -0.25) is 4.79 Å². The molecule has 0 fully saturated rings. The second-order valence-electron chi connectivity index (χ2n) is 6.79. The van der Waals surface area contributed by atoms with E-state index in [4.69, 9.17) is 4.74 Å². The Hall–Kier alpha value is -1.90. The summed E-state index contributed by atoms with van der Waals surface area (Å²) in [5, 5.41) is 0. The second kappa shape index (κ2) is 11.6. The fourth-order valence-electron chi connectivity index (χ4n) is 2.95. The molecule has 1 aliphatic rings. The molecule has 3 atom stereocenters. The van der Waals surface area contributed by atoms with Crippen LogP contribution in [-0.4, -0.2) is 17.9 Å². The maximum Gasteiger partial charge on any atom is 0.331 e. The molecule has 1 heterocycles. The Kier molecular flexibility index (Phi) is 9.83. The number of hydrogen-bond acceptors (Lipinski definition) is 3. The minimum atomic E-state index is -0.513. The van der Waals surface area contributed by atoms with Crippen molar-refractivity contribution < 1.29 is 14.3 Å². The van der Waals surface area contributed by atoms with Gasteiger partial charge in [0.25, 0.3) is 0 Å². The fraction of sp³-hybridized carbons (Fsp3) is 0.545. The first-order valence-corrected chi connectivity index (χ1v) is 9.39. The zero-order chi connectivity index (χ0) is 18.7. The second-order valence-corrected chi connectivity index (χ2v) is 6.79. The SMILES string of the molecule is CC=C[C@@H]1OC(=O)C=C[C@@H]1C(=O)C=CC(C)=C[C@@H](C)CCCCCC. The lowest BCUT2D eigenvalue weighted by Gasteiger charge is -2.22. The van der Waals surface area contributed by atoms with Crippen LogP contribution in [0.1, 0.15) is 59.8 Å². The number of cyclic esters (lactones) is 1. The van der Waals surface area contributed by atoms with E-state index in [-0.39, 0.29) is 5.78 Å². The maximum atomic E-state index is 12.4. The largest absolute Gasteiger partial charge is 0.454 e. The molecule has 0 amide bonds. The predicted molar refractivity (Wildman–Crippen MR) is 103 cm³/mol. The third-order valence-corrected chi connectivity index (χ3v) is 4.33. The summed E-state index contributed by atoms with van der Waals surface area (Å²) >= 11 is 0. The molecule has 0 saturated heterocycles. The molecular formula is C22H32O3. The van der Waals surface area contributed by atoms with Crippen LogP contribution in [0.2, 0.25) is 0 Å². The van der Waals surface area contributed by atoms with Gasteiger partial charge >= 0.3 is 5.97 Å². The van der Waals surface area contributed by atoms with Crippen molar-refractivity contribution in [3.63, 3.8) is 0 Å². The summed E-state index contributed by atoms with van der Waals surface area (Å²) in [4.78, 5) is 23.8. The van der Waals surface area contributed by atoms with Crippen LogP contribution in [0, 0.1) is 11.8 Å². The Bertz CT molecular complexity index is 552. The molecule has 0 spiro atoms. The number of hydrogen-bond donors (Lipinski definition) is 0. The van der Waals surface area contributed by atoms with Gasteiger partial charge in [-0.05, 0) is 38.3 Å². The van der Waals surface area contributed by atoms with Crippen LogP contribution in [0.5, 0.6) is 0 Å². The van der Waals surface area contributed by atoms with Crippen molar-refractivity contribution in [3.8, 4) is 0 Å². The number of carbonyl (C=O) groups is 2. The van der Waals surface area contributed by atoms with E-state index in [1.165, 1.54) is 38.2 Å². The molecule has 0 radical (unpaired) electrons. The van der Waals surface area contributed by atoms with Gasteiger partial charge in [-0.1, -0.05) is 69.4 Å². The van der Waals surface area contributed by atoms with Gasteiger partial charge in [-0.15, -0.1) is 0 Å². The first-order chi connectivity index (χ1) is 12.0. The summed E-state index contributed by atoms with van der Waals surface area (Å²) in [6.07, 6.45) is 18.0. The molecule has 1 aliphatic heterocycles. The number of esters is 1. The maximum absolute atomic E-state index is 12.4. The van der Waals surface area contributed by atoms with E-state index < -0.39 is 18.0 Å². The first-order valence-electron chi connectivity index (χ1n) is 9.39. The Balaban J connectivity index is 2.60. The molecule has 1 rings (SSSR count). The van der Waals surface area contributed by atoms with Crippen LogP contribution in [0.15, 0.2) is 48.1 Å². The number of rotatable bonds is 10. The molecule has 0 saturated carbocycles. The average Bonchev–Trinajstić information content (AvgIpc) is 2.57. The predicted octanol–water partition coefficient (Wildman–Crippen LogP) is 5.34. The lowest BCUT2D eigenvalue weighted by atomic mass is 9.93. The summed E-state index contributed by atoms with van der Waals surface area (Å²) in [7, 11) is 0. The molecule has 0 aromatic carbocycles. The number of ether oxygens (including phenoxy) is 1. The van der Waals surface area contributed by atoms with Gasteiger partial charge < -0.3 is 4.74 Å². The monoisotopic (exact) mass is 344 g/mol. The van der Waals surface area contributed by atoms with Gasteiger partial charge in [0.1, 0.15) is 6.10 Å². The Labute approximate surface area is 152 Å². The van der Waals surface area contributed by atoms with Crippen molar-refractivity contribution >= 4 is 11.8 Å². The molecule has 25 heavy (non-hydrogen) atoms. The molecule has 3 heteroatoms. The normalized spacial score (nSPS) is 22.6.